The van der Waals surface area contributed by atoms with E-state index in [-0.39, 0.29) is 5.56 Å². The molecule has 0 spiro atoms. The largest absolute Gasteiger partial charge is 0.341 e. The molecule has 0 N–H and O–H groups in total. The van der Waals surface area contributed by atoms with E-state index in [1.165, 1.54) is 12.1 Å². The topological polar surface area (TPSA) is 57.9 Å². The highest BCUT2D eigenvalue weighted by Crippen LogP contribution is 2.18. The average molecular weight is 217 g/mol. The quantitative estimate of drug-likeness (QED) is 0.755. The third-order valence-electron chi connectivity index (χ3n) is 1.53. The van der Waals surface area contributed by atoms with Crippen LogP contribution in [0.5, 0.6) is 0 Å². The predicted molar refractivity (Wildman–Crippen MR) is 44.3 cm³/mol. The Bertz CT molecular complexity index is 476. The van der Waals surface area contributed by atoms with Crippen molar-refractivity contribution < 1.29 is 17.2 Å². The van der Waals surface area contributed by atoms with Crippen molar-refractivity contribution in [1.29, 1.82) is 5.26 Å². The van der Waals surface area contributed by atoms with Crippen LogP contribution in [0.15, 0.2) is 29.2 Å². The minimum absolute atomic E-state index is 0.0340. The molecule has 0 saturated carbocycles. The summed E-state index contributed by atoms with van der Waals surface area (Å²) in [6.45, 7) is 0. The number of sulfone groups is 1. The Balaban J connectivity index is 3.29. The third-order valence-corrected chi connectivity index (χ3v) is 2.91. The van der Waals surface area contributed by atoms with E-state index in [0.717, 1.165) is 12.1 Å². The van der Waals surface area contributed by atoms with E-state index < -0.39 is 20.5 Å². The second kappa shape index (κ2) is 3.72. The number of hydrogen-bond acceptors (Lipinski definition) is 3. The molecule has 0 heterocycles. The van der Waals surface area contributed by atoms with Gasteiger partial charge in [0.1, 0.15) is 0 Å². The van der Waals surface area contributed by atoms with Crippen LogP contribution in [0.3, 0.4) is 0 Å². The van der Waals surface area contributed by atoms with Gasteiger partial charge in [0.15, 0.2) is 0 Å². The first kappa shape index (κ1) is 10.6. The fourth-order valence-corrected chi connectivity index (χ4v) is 1.61. The molecule has 1 aromatic carbocycles. The Morgan fingerprint density at radius 3 is 2.50 bits per heavy atom. The van der Waals surface area contributed by atoms with Crippen molar-refractivity contribution in [3.05, 3.63) is 29.8 Å². The summed E-state index contributed by atoms with van der Waals surface area (Å²) in [6.07, 6.45) is 0. The summed E-state index contributed by atoms with van der Waals surface area (Å²) in [5.74, 6) is -3.46. The normalized spacial score (nSPS) is 11.3. The van der Waals surface area contributed by atoms with Crippen LogP contribution in [0.1, 0.15) is 5.56 Å². The fraction of sp³-hybridized carbons (Fsp3) is 0.125. The second-order valence-electron chi connectivity index (χ2n) is 2.45. The molecule has 0 radical (unpaired) electrons. The van der Waals surface area contributed by atoms with E-state index in [2.05, 4.69) is 0 Å². The van der Waals surface area contributed by atoms with Crippen molar-refractivity contribution in [3.63, 3.8) is 0 Å². The molecular weight excluding hydrogens is 212 g/mol. The van der Waals surface area contributed by atoms with Crippen molar-refractivity contribution in [3.8, 4) is 6.07 Å². The maximum Gasteiger partial charge on any atom is 0.341 e. The van der Waals surface area contributed by atoms with Crippen molar-refractivity contribution >= 4 is 9.84 Å². The van der Waals surface area contributed by atoms with E-state index in [9.17, 15) is 17.2 Å². The summed E-state index contributed by atoms with van der Waals surface area (Å²) in [5.41, 5.74) is 0.0340. The molecule has 1 aromatic rings. The minimum Gasteiger partial charge on any atom is -0.218 e. The lowest BCUT2D eigenvalue weighted by Gasteiger charge is -2.02. The molecule has 6 heteroatoms. The van der Waals surface area contributed by atoms with Crippen LogP contribution in [0, 0.1) is 11.3 Å². The van der Waals surface area contributed by atoms with Crippen LogP contribution >= 0.6 is 0 Å². The molecule has 14 heavy (non-hydrogen) atoms. The maximum absolute atomic E-state index is 12.1. The summed E-state index contributed by atoms with van der Waals surface area (Å²) in [4.78, 5) is -0.536. The molecule has 0 aliphatic rings. The zero-order chi connectivity index (χ0) is 10.8. The van der Waals surface area contributed by atoms with E-state index in [1.807, 2.05) is 0 Å². The maximum atomic E-state index is 12.1. The zero-order valence-corrected chi connectivity index (χ0v) is 7.63. The Hall–Kier alpha value is -1.48. The number of rotatable bonds is 2. The highest BCUT2D eigenvalue weighted by Gasteiger charge is 2.26. The SMILES string of the molecule is N#Cc1cccc(S(=O)(=O)C(F)F)c1. The third kappa shape index (κ3) is 1.88. The molecule has 0 saturated heterocycles. The Morgan fingerprint density at radius 1 is 1.36 bits per heavy atom. The lowest BCUT2D eigenvalue weighted by Crippen LogP contribution is -2.11. The highest BCUT2D eigenvalue weighted by atomic mass is 32.2. The molecule has 1 rings (SSSR count). The molecular formula is C8H5F2NO2S. The fourth-order valence-electron chi connectivity index (χ4n) is 0.845. The van der Waals surface area contributed by atoms with Gasteiger partial charge in [0.05, 0.1) is 16.5 Å². The van der Waals surface area contributed by atoms with Crippen molar-refractivity contribution in [1.82, 2.24) is 0 Å². The monoisotopic (exact) mass is 217 g/mol. The summed E-state index contributed by atoms with van der Waals surface area (Å²) >= 11 is 0. The Kier molecular flexibility index (Phi) is 2.81. The molecule has 0 bridgehead atoms. The van der Waals surface area contributed by atoms with Crippen LogP contribution in [0.2, 0.25) is 0 Å². The summed E-state index contributed by atoms with van der Waals surface area (Å²) in [7, 11) is -4.59. The standard InChI is InChI=1S/C8H5F2NO2S/c9-8(10)14(12,13)7-3-1-2-6(4-7)5-11/h1-4,8H. The molecule has 0 unspecified atom stereocenters. The smallest absolute Gasteiger partial charge is 0.218 e. The first-order chi connectivity index (χ1) is 6.48. The van der Waals surface area contributed by atoms with Crippen LogP contribution < -0.4 is 0 Å². The molecule has 0 aliphatic carbocycles. The van der Waals surface area contributed by atoms with Crippen molar-refractivity contribution in [2.24, 2.45) is 0 Å². The molecule has 0 aliphatic heterocycles. The molecule has 3 nitrogen and oxygen atoms in total. The van der Waals surface area contributed by atoms with Gasteiger partial charge in [0.25, 0.3) is 0 Å². The number of hydrogen-bond donors (Lipinski definition) is 0. The summed E-state index contributed by atoms with van der Waals surface area (Å²) in [5, 5.41) is 8.43. The number of benzene rings is 1. The van der Waals surface area contributed by atoms with Crippen molar-refractivity contribution in [2.75, 3.05) is 0 Å². The van der Waals surface area contributed by atoms with Gasteiger partial charge in [-0.25, -0.2) is 8.42 Å². The van der Waals surface area contributed by atoms with Gasteiger partial charge in [-0.3, -0.25) is 0 Å². The molecule has 0 fully saturated rings. The molecule has 0 amide bonds. The molecule has 0 atom stereocenters. The Morgan fingerprint density at radius 2 is 2.00 bits per heavy atom. The van der Waals surface area contributed by atoms with E-state index in [4.69, 9.17) is 5.26 Å². The van der Waals surface area contributed by atoms with Gasteiger partial charge in [0, 0.05) is 0 Å². The lowest BCUT2D eigenvalue weighted by molar-refractivity contribution is 0.234. The highest BCUT2D eigenvalue weighted by molar-refractivity contribution is 7.91. The van der Waals surface area contributed by atoms with Gasteiger partial charge in [-0.15, -0.1) is 0 Å². The zero-order valence-electron chi connectivity index (χ0n) is 6.81. The lowest BCUT2D eigenvalue weighted by atomic mass is 10.2. The van der Waals surface area contributed by atoms with E-state index in [1.54, 1.807) is 6.07 Å². The van der Waals surface area contributed by atoms with Crippen LogP contribution in [0.25, 0.3) is 0 Å². The average Bonchev–Trinajstić information content (AvgIpc) is 2.17. The van der Waals surface area contributed by atoms with Gasteiger partial charge < -0.3 is 0 Å². The molecule has 0 aromatic heterocycles. The van der Waals surface area contributed by atoms with Gasteiger partial charge in [-0.2, -0.15) is 14.0 Å². The number of alkyl halides is 2. The van der Waals surface area contributed by atoms with E-state index >= 15 is 0 Å². The number of nitriles is 1. The van der Waals surface area contributed by atoms with Crippen LogP contribution in [-0.4, -0.2) is 14.2 Å². The van der Waals surface area contributed by atoms with Gasteiger partial charge in [-0.05, 0) is 18.2 Å². The second-order valence-corrected chi connectivity index (χ2v) is 4.36. The van der Waals surface area contributed by atoms with Crippen LogP contribution in [-0.2, 0) is 9.84 Å². The van der Waals surface area contributed by atoms with Crippen LogP contribution in [0.4, 0.5) is 8.78 Å². The van der Waals surface area contributed by atoms with Gasteiger partial charge in [0.2, 0.25) is 9.84 Å². The van der Waals surface area contributed by atoms with Crippen molar-refractivity contribution in [2.45, 2.75) is 10.7 Å². The first-order valence-corrected chi connectivity index (χ1v) is 5.05. The van der Waals surface area contributed by atoms with Gasteiger partial charge >= 0.3 is 5.76 Å². The summed E-state index contributed by atoms with van der Waals surface area (Å²) < 4.78 is 46.0. The molecule has 74 valence electrons. The van der Waals surface area contributed by atoms with Gasteiger partial charge in [-0.1, -0.05) is 6.07 Å². The Labute approximate surface area is 79.5 Å². The number of halogens is 2. The van der Waals surface area contributed by atoms with E-state index in [0.29, 0.717) is 0 Å². The predicted octanol–water partition coefficient (Wildman–Crippen LogP) is 1.55. The first-order valence-electron chi connectivity index (χ1n) is 3.50. The summed E-state index contributed by atoms with van der Waals surface area (Å²) in [6, 6.07) is 6.20. The number of nitrogens with zero attached hydrogens (tertiary/aromatic N) is 1. The minimum atomic E-state index is -4.59.